The third kappa shape index (κ3) is 3.13. The zero-order chi connectivity index (χ0) is 15.8. The fraction of sp³-hybridized carbons (Fsp3) is 0.214. The number of nitrogens with two attached hydrogens (primary N) is 1. The SMILES string of the molecule is Cc1cc(NS(=O)(=O)c2c(C)cc(F)cc2C)ncc1N. The molecule has 0 amide bonds. The molecule has 112 valence electrons. The summed E-state index contributed by atoms with van der Waals surface area (Å²) in [6.07, 6.45) is 1.39. The Balaban J connectivity index is 2.46. The van der Waals surface area contributed by atoms with Crippen LogP contribution in [-0.4, -0.2) is 13.4 Å². The van der Waals surface area contributed by atoms with Crippen LogP contribution in [0, 0.1) is 26.6 Å². The van der Waals surface area contributed by atoms with E-state index in [1.165, 1.54) is 18.3 Å². The molecule has 1 aromatic carbocycles. The van der Waals surface area contributed by atoms with E-state index in [0.29, 0.717) is 16.8 Å². The lowest BCUT2D eigenvalue weighted by Crippen LogP contribution is -2.17. The largest absolute Gasteiger partial charge is 0.397 e. The molecular weight excluding hydrogens is 293 g/mol. The molecular formula is C14H16FN3O2S. The molecule has 0 unspecified atom stereocenters. The first kappa shape index (κ1) is 15.2. The number of pyridine rings is 1. The second-order valence-electron chi connectivity index (χ2n) is 4.90. The molecule has 0 aliphatic carbocycles. The van der Waals surface area contributed by atoms with Crippen LogP contribution in [0.3, 0.4) is 0 Å². The number of rotatable bonds is 3. The first-order valence-corrected chi connectivity index (χ1v) is 7.70. The summed E-state index contributed by atoms with van der Waals surface area (Å²) in [4.78, 5) is 3.99. The number of benzene rings is 1. The highest BCUT2D eigenvalue weighted by Crippen LogP contribution is 2.24. The molecule has 5 nitrogen and oxygen atoms in total. The number of sulfonamides is 1. The lowest BCUT2D eigenvalue weighted by atomic mass is 10.1. The Morgan fingerprint density at radius 1 is 1.10 bits per heavy atom. The molecule has 2 aromatic rings. The number of nitrogen functional groups attached to an aromatic ring is 1. The van der Waals surface area contributed by atoms with Gasteiger partial charge in [0.05, 0.1) is 16.8 Å². The van der Waals surface area contributed by atoms with Crippen molar-refractivity contribution >= 4 is 21.5 Å². The van der Waals surface area contributed by atoms with E-state index in [1.807, 2.05) is 0 Å². The summed E-state index contributed by atoms with van der Waals surface area (Å²) in [6, 6.07) is 3.91. The summed E-state index contributed by atoms with van der Waals surface area (Å²) in [5.41, 5.74) is 7.52. The van der Waals surface area contributed by atoms with Gasteiger partial charge >= 0.3 is 0 Å². The van der Waals surface area contributed by atoms with Gasteiger partial charge in [-0.1, -0.05) is 0 Å². The van der Waals surface area contributed by atoms with Crippen LogP contribution in [-0.2, 0) is 10.0 Å². The maximum atomic E-state index is 13.3. The summed E-state index contributed by atoms with van der Waals surface area (Å²) in [5.74, 6) is -0.296. The van der Waals surface area contributed by atoms with E-state index in [1.54, 1.807) is 26.8 Å². The van der Waals surface area contributed by atoms with Gasteiger partial charge < -0.3 is 5.73 Å². The van der Waals surface area contributed by atoms with Gasteiger partial charge in [-0.3, -0.25) is 4.72 Å². The van der Waals surface area contributed by atoms with Crippen LogP contribution in [0.5, 0.6) is 0 Å². The number of halogens is 1. The molecule has 1 aromatic heterocycles. The van der Waals surface area contributed by atoms with Crippen molar-refractivity contribution < 1.29 is 12.8 Å². The molecule has 2 rings (SSSR count). The van der Waals surface area contributed by atoms with Gasteiger partial charge in [0.1, 0.15) is 11.6 Å². The zero-order valence-electron chi connectivity index (χ0n) is 11.9. The highest BCUT2D eigenvalue weighted by molar-refractivity contribution is 7.92. The van der Waals surface area contributed by atoms with Gasteiger partial charge in [-0.25, -0.2) is 17.8 Å². The van der Waals surface area contributed by atoms with Crippen LogP contribution in [0.15, 0.2) is 29.3 Å². The van der Waals surface area contributed by atoms with Crippen molar-refractivity contribution in [2.24, 2.45) is 0 Å². The minimum atomic E-state index is -3.84. The summed E-state index contributed by atoms with van der Waals surface area (Å²) < 4.78 is 40.6. The highest BCUT2D eigenvalue weighted by Gasteiger charge is 2.21. The monoisotopic (exact) mass is 309 g/mol. The molecule has 0 bridgehead atoms. The number of nitrogens with one attached hydrogen (secondary N) is 1. The average Bonchev–Trinajstić information content (AvgIpc) is 2.31. The molecule has 7 heteroatoms. The molecule has 0 spiro atoms. The number of anilines is 2. The van der Waals surface area contributed by atoms with Crippen LogP contribution in [0.25, 0.3) is 0 Å². The fourth-order valence-electron chi connectivity index (χ4n) is 2.13. The number of nitrogens with zero attached hydrogens (tertiary/aromatic N) is 1. The molecule has 0 atom stereocenters. The Morgan fingerprint density at radius 2 is 1.67 bits per heavy atom. The third-order valence-electron chi connectivity index (χ3n) is 3.08. The van der Waals surface area contributed by atoms with E-state index in [9.17, 15) is 12.8 Å². The summed E-state index contributed by atoms with van der Waals surface area (Å²) >= 11 is 0. The van der Waals surface area contributed by atoms with Crippen LogP contribution < -0.4 is 10.5 Å². The quantitative estimate of drug-likeness (QED) is 0.912. The lowest BCUT2D eigenvalue weighted by molar-refractivity contribution is 0.597. The molecule has 0 saturated heterocycles. The molecule has 0 radical (unpaired) electrons. The molecule has 1 heterocycles. The average molecular weight is 309 g/mol. The van der Waals surface area contributed by atoms with Crippen molar-refractivity contribution in [2.75, 3.05) is 10.5 Å². The molecule has 0 saturated carbocycles. The van der Waals surface area contributed by atoms with Crippen LogP contribution >= 0.6 is 0 Å². The fourth-order valence-corrected chi connectivity index (χ4v) is 3.59. The topological polar surface area (TPSA) is 85.1 Å². The van der Waals surface area contributed by atoms with Gasteiger partial charge in [-0.15, -0.1) is 0 Å². The van der Waals surface area contributed by atoms with Crippen molar-refractivity contribution in [3.63, 3.8) is 0 Å². The third-order valence-corrected chi connectivity index (χ3v) is 4.74. The molecule has 0 fully saturated rings. The molecule has 0 aliphatic rings. The smallest absolute Gasteiger partial charge is 0.263 e. The predicted molar refractivity (Wildman–Crippen MR) is 80.1 cm³/mol. The van der Waals surface area contributed by atoms with Gasteiger partial charge in [-0.05, 0) is 55.7 Å². The van der Waals surface area contributed by atoms with Crippen molar-refractivity contribution in [1.82, 2.24) is 4.98 Å². The van der Waals surface area contributed by atoms with Crippen molar-refractivity contribution in [3.05, 3.63) is 46.9 Å². The minimum absolute atomic E-state index is 0.0557. The Bertz CT molecular complexity index is 781. The predicted octanol–water partition coefficient (Wildman–Crippen LogP) is 2.53. The Hall–Kier alpha value is -2.15. The van der Waals surface area contributed by atoms with Crippen molar-refractivity contribution in [3.8, 4) is 0 Å². The van der Waals surface area contributed by atoms with Gasteiger partial charge in [0.2, 0.25) is 0 Å². The number of hydrogen-bond acceptors (Lipinski definition) is 4. The maximum Gasteiger partial charge on any atom is 0.263 e. The summed E-state index contributed by atoms with van der Waals surface area (Å²) in [7, 11) is -3.84. The molecule has 21 heavy (non-hydrogen) atoms. The van der Waals surface area contributed by atoms with Gasteiger partial charge in [0, 0.05) is 0 Å². The van der Waals surface area contributed by atoms with Gasteiger partial charge in [0.15, 0.2) is 0 Å². The second-order valence-corrected chi connectivity index (χ2v) is 6.52. The zero-order valence-corrected chi connectivity index (χ0v) is 12.8. The van der Waals surface area contributed by atoms with E-state index in [4.69, 9.17) is 5.73 Å². The Kier molecular flexibility index (Phi) is 3.87. The first-order valence-electron chi connectivity index (χ1n) is 6.22. The van der Waals surface area contributed by atoms with Crippen LogP contribution in [0.4, 0.5) is 15.9 Å². The normalized spacial score (nSPS) is 11.4. The standard InChI is InChI=1S/C14H16FN3O2S/c1-8-6-13(17-7-12(8)16)18-21(19,20)14-9(2)4-11(15)5-10(14)3/h4-7H,16H2,1-3H3,(H,17,18). The Labute approximate surface area is 123 Å². The van der Waals surface area contributed by atoms with Gasteiger partial charge in [-0.2, -0.15) is 0 Å². The van der Waals surface area contributed by atoms with Crippen molar-refractivity contribution in [1.29, 1.82) is 0 Å². The summed E-state index contributed by atoms with van der Waals surface area (Å²) in [5, 5.41) is 0. The molecule has 3 N–H and O–H groups in total. The minimum Gasteiger partial charge on any atom is -0.397 e. The second kappa shape index (κ2) is 5.33. The lowest BCUT2D eigenvalue weighted by Gasteiger charge is -2.13. The van der Waals surface area contributed by atoms with E-state index in [0.717, 1.165) is 5.56 Å². The number of hydrogen-bond donors (Lipinski definition) is 2. The van der Waals surface area contributed by atoms with E-state index >= 15 is 0 Å². The Morgan fingerprint density at radius 3 is 2.19 bits per heavy atom. The number of aryl methyl sites for hydroxylation is 3. The number of aromatic nitrogens is 1. The summed E-state index contributed by atoms with van der Waals surface area (Å²) in [6.45, 7) is 4.85. The van der Waals surface area contributed by atoms with E-state index in [2.05, 4.69) is 9.71 Å². The van der Waals surface area contributed by atoms with Gasteiger partial charge in [0.25, 0.3) is 10.0 Å². The van der Waals surface area contributed by atoms with E-state index < -0.39 is 15.8 Å². The van der Waals surface area contributed by atoms with E-state index in [-0.39, 0.29) is 10.7 Å². The van der Waals surface area contributed by atoms with Crippen LogP contribution in [0.2, 0.25) is 0 Å². The maximum absolute atomic E-state index is 13.3. The highest BCUT2D eigenvalue weighted by atomic mass is 32.2. The first-order chi connectivity index (χ1) is 9.70. The van der Waals surface area contributed by atoms with Crippen LogP contribution in [0.1, 0.15) is 16.7 Å². The molecule has 0 aliphatic heterocycles. The van der Waals surface area contributed by atoms with Crippen molar-refractivity contribution in [2.45, 2.75) is 25.7 Å².